The summed E-state index contributed by atoms with van der Waals surface area (Å²) >= 11 is 5.47. The number of thiophene rings is 3. The van der Waals surface area contributed by atoms with Crippen LogP contribution < -0.4 is 0 Å². The zero-order valence-corrected chi connectivity index (χ0v) is 28.8. The van der Waals surface area contributed by atoms with E-state index in [1.807, 2.05) is 22.7 Å². The summed E-state index contributed by atoms with van der Waals surface area (Å²) in [6, 6.07) is 50.7. The molecule has 0 bridgehead atoms. The van der Waals surface area contributed by atoms with Crippen molar-refractivity contribution < 1.29 is 0 Å². The van der Waals surface area contributed by atoms with Crippen LogP contribution in [-0.4, -0.2) is 14.5 Å². The van der Waals surface area contributed by atoms with Crippen LogP contribution in [0.3, 0.4) is 0 Å². The fourth-order valence-electron chi connectivity index (χ4n) is 8.12. The van der Waals surface area contributed by atoms with Crippen LogP contribution in [0, 0.1) is 0 Å². The van der Waals surface area contributed by atoms with Gasteiger partial charge in [-0.05, 0) is 41.8 Å². The van der Waals surface area contributed by atoms with Gasteiger partial charge in [0.2, 0.25) is 5.95 Å². The SMILES string of the molecule is c1ccc2c(c1)sc1ccc(-c3nc(-n4c5ccccc5c5c6ccccc6c6sc7ccccc7c6c54)nc4sc5ccccc5c34)cc12. The molecule has 7 aromatic carbocycles. The standard InChI is InChI=1S/C44H23N3S3/c1-2-13-27-26(12-1)37-28-14-3-7-17-32(28)47(41(37)39-30-16-6-9-19-34(30)49-42(27)39)44-45-40(38-29-15-5-10-20-35(29)50-43(38)46-44)24-21-22-36-31(23-24)25-11-4-8-18-33(25)48-36/h1-23H. The highest BCUT2D eigenvalue weighted by Gasteiger charge is 2.25. The third-order valence-electron chi connectivity index (χ3n) is 10.2. The Kier molecular flexibility index (Phi) is 5.42. The maximum absolute atomic E-state index is 5.62. The zero-order valence-electron chi connectivity index (χ0n) is 26.3. The van der Waals surface area contributed by atoms with Crippen LogP contribution in [-0.2, 0) is 0 Å². The second kappa shape index (κ2) is 9.96. The minimum atomic E-state index is 0.701. The molecule has 0 aliphatic heterocycles. The predicted octanol–water partition coefficient (Wildman–Crippen LogP) is 13.5. The van der Waals surface area contributed by atoms with E-state index in [4.69, 9.17) is 9.97 Å². The fourth-order valence-corrected chi connectivity index (χ4v) is 11.5. The Morgan fingerprint density at radius 1 is 0.420 bits per heavy atom. The maximum atomic E-state index is 5.62. The van der Waals surface area contributed by atoms with Gasteiger partial charge >= 0.3 is 0 Å². The Hall–Kier alpha value is -5.66. The molecule has 0 radical (unpaired) electrons. The van der Waals surface area contributed by atoms with E-state index in [-0.39, 0.29) is 0 Å². The maximum Gasteiger partial charge on any atom is 0.236 e. The van der Waals surface area contributed by atoms with Crippen molar-refractivity contribution in [3.63, 3.8) is 0 Å². The van der Waals surface area contributed by atoms with Crippen molar-refractivity contribution in [2.45, 2.75) is 0 Å². The van der Waals surface area contributed by atoms with E-state index in [1.54, 1.807) is 11.3 Å². The largest absolute Gasteiger partial charge is 0.277 e. The Labute approximate surface area is 296 Å². The molecule has 12 rings (SSSR count). The summed E-state index contributed by atoms with van der Waals surface area (Å²) in [4.78, 5) is 12.1. The second-order valence-corrected chi connectivity index (χ2v) is 16.1. The van der Waals surface area contributed by atoms with Gasteiger partial charge < -0.3 is 0 Å². The fraction of sp³-hybridized carbons (Fsp3) is 0. The van der Waals surface area contributed by atoms with Gasteiger partial charge in [-0.3, -0.25) is 4.57 Å². The Bertz CT molecular complexity index is 3400. The van der Waals surface area contributed by atoms with Crippen LogP contribution in [0.5, 0.6) is 0 Å². The van der Waals surface area contributed by atoms with Crippen LogP contribution in [0.2, 0.25) is 0 Å². The van der Waals surface area contributed by atoms with E-state index >= 15 is 0 Å². The van der Waals surface area contributed by atoms with E-state index in [0.29, 0.717) is 5.95 Å². The van der Waals surface area contributed by atoms with Crippen LogP contribution in [0.4, 0.5) is 0 Å². The van der Waals surface area contributed by atoms with Gasteiger partial charge in [0.05, 0.1) is 16.7 Å². The van der Waals surface area contributed by atoms with Crippen LogP contribution in [0.15, 0.2) is 140 Å². The highest BCUT2D eigenvalue weighted by atomic mass is 32.1. The van der Waals surface area contributed by atoms with E-state index < -0.39 is 0 Å². The predicted molar refractivity (Wildman–Crippen MR) is 218 cm³/mol. The van der Waals surface area contributed by atoms with Gasteiger partial charge in [-0.2, -0.15) is 0 Å². The summed E-state index contributed by atoms with van der Waals surface area (Å²) in [5.41, 5.74) is 4.36. The van der Waals surface area contributed by atoms with Gasteiger partial charge in [-0.1, -0.05) is 103 Å². The van der Waals surface area contributed by atoms with E-state index in [1.165, 1.54) is 77.5 Å². The van der Waals surface area contributed by atoms with E-state index in [2.05, 4.69) is 144 Å². The molecule has 0 fully saturated rings. The van der Waals surface area contributed by atoms with Crippen molar-refractivity contribution in [1.82, 2.24) is 14.5 Å². The first-order chi connectivity index (χ1) is 24.8. The van der Waals surface area contributed by atoms with E-state index in [0.717, 1.165) is 27.0 Å². The molecule has 232 valence electrons. The zero-order chi connectivity index (χ0) is 32.5. The van der Waals surface area contributed by atoms with Crippen molar-refractivity contribution >= 4 is 127 Å². The molecule has 0 saturated carbocycles. The van der Waals surface area contributed by atoms with Crippen molar-refractivity contribution in [2.24, 2.45) is 0 Å². The minimum absolute atomic E-state index is 0.701. The van der Waals surface area contributed by atoms with Crippen molar-refractivity contribution in [3.05, 3.63) is 140 Å². The number of aromatic nitrogens is 3. The normalized spacial score (nSPS) is 12.4. The first-order valence-electron chi connectivity index (χ1n) is 16.7. The highest BCUT2D eigenvalue weighted by molar-refractivity contribution is 7.27. The average Bonchev–Trinajstić information content (AvgIpc) is 3.93. The lowest BCUT2D eigenvalue weighted by molar-refractivity contribution is 1.02. The smallest absolute Gasteiger partial charge is 0.236 e. The first-order valence-corrected chi connectivity index (χ1v) is 19.1. The number of benzene rings is 7. The lowest BCUT2D eigenvalue weighted by Crippen LogP contribution is -2.03. The molecule has 0 unspecified atom stereocenters. The van der Waals surface area contributed by atoms with Crippen molar-refractivity contribution in [2.75, 3.05) is 0 Å². The minimum Gasteiger partial charge on any atom is -0.277 e. The molecule has 5 aromatic heterocycles. The van der Waals surface area contributed by atoms with Gasteiger partial charge in [0, 0.05) is 77.5 Å². The molecular formula is C44H23N3S3. The van der Waals surface area contributed by atoms with Gasteiger partial charge in [-0.25, -0.2) is 9.97 Å². The monoisotopic (exact) mass is 689 g/mol. The molecule has 5 heterocycles. The molecule has 12 aromatic rings. The van der Waals surface area contributed by atoms with Crippen LogP contribution >= 0.6 is 34.0 Å². The number of fused-ring (bicyclic) bond motifs is 16. The molecule has 0 amide bonds. The highest BCUT2D eigenvalue weighted by Crippen LogP contribution is 2.48. The number of hydrogen-bond donors (Lipinski definition) is 0. The molecule has 0 atom stereocenters. The molecule has 6 heteroatoms. The van der Waals surface area contributed by atoms with Gasteiger partial charge in [0.25, 0.3) is 0 Å². The summed E-state index contributed by atoms with van der Waals surface area (Å²) in [5.74, 6) is 0.701. The molecular weight excluding hydrogens is 667 g/mol. The third-order valence-corrected chi connectivity index (χ3v) is 13.6. The number of rotatable bonds is 2. The van der Waals surface area contributed by atoms with Gasteiger partial charge in [-0.15, -0.1) is 34.0 Å². The quantitative estimate of drug-likeness (QED) is 0.181. The summed E-state index contributed by atoms with van der Waals surface area (Å²) < 4.78 is 8.75. The lowest BCUT2D eigenvalue weighted by atomic mass is 10.00. The number of hydrogen-bond acceptors (Lipinski definition) is 5. The Morgan fingerprint density at radius 3 is 1.82 bits per heavy atom. The first kappa shape index (κ1) is 27.2. The molecule has 0 spiro atoms. The van der Waals surface area contributed by atoms with Crippen LogP contribution in [0.25, 0.3) is 110 Å². The number of para-hydroxylation sites is 1. The van der Waals surface area contributed by atoms with Crippen molar-refractivity contribution in [1.29, 1.82) is 0 Å². The average molecular weight is 690 g/mol. The van der Waals surface area contributed by atoms with Crippen molar-refractivity contribution in [3.8, 4) is 17.2 Å². The molecule has 3 nitrogen and oxygen atoms in total. The summed E-state index contributed by atoms with van der Waals surface area (Å²) in [7, 11) is 0. The van der Waals surface area contributed by atoms with E-state index in [9.17, 15) is 0 Å². The molecule has 50 heavy (non-hydrogen) atoms. The topological polar surface area (TPSA) is 30.7 Å². The Morgan fingerprint density at radius 2 is 1.02 bits per heavy atom. The Balaban J connectivity index is 1.28. The third kappa shape index (κ3) is 3.57. The molecule has 0 aliphatic carbocycles. The van der Waals surface area contributed by atoms with Gasteiger partial charge in [0.1, 0.15) is 4.83 Å². The lowest BCUT2D eigenvalue weighted by Gasteiger charge is -2.12. The molecule has 0 saturated heterocycles. The number of nitrogens with zero attached hydrogens (tertiary/aromatic N) is 3. The van der Waals surface area contributed by atoms with Gasteiger partial charge in [0.15, 0.2) is 0 Å². The summed E-state index contributed by atoms with van der Waals surface area (Å²) in [5, 5.41) is 12.4. The summed E-state index contributed by atoms with van der Waals surface area (Å²) in [6.45, 7) is 0. The molecule has 0 aliphatic rings. The van der Waals surface area contributed by atoms with Crippen LogP contribution in [0.1, 0.15) is 0 Å². The second-order valence-electron chi connectivity index (χ2n) is 12.9. The summed E-state index contributed by atoms with van der Waals surface area (Å²) in [6.07, 6.45) is 0. The molecule has 0 N–H and O–H groups in total.